The molecule has 1 saturated heterocycles. The number of fused-ring (bicyclic) bond motifs is 1. The fraction of sp³-hybridized carbons (Fsp3) is 0.909. The van der Waals surface area contributed by atoms with Crippen LogP contribution in [-0.4, -0.2) is 35.7 Å². The molecular formula is C11H20N2O2. The fourth-order valence-corrected chi connectivity index (χ4v) is 2.43. The molecule has 2 N–H and O–H groups in total. The average Bonchev–Trinajstić information content (AvgIpc) is 2.39. The monoisotopic (exact) mass is 212 g/mol. The molecule has 3 atom stereocenters. The van der Waals surface area contributed by atoms with Gasteiger partial charge in [0.1, 0.15) is 5.60 Å². The van der Waals surface area contributed by atoms with Gasteiger partial charge < -0.3 is 15.4 Å². The first-order chi connectivity index (χ1) is 6.87. The molecule has 0 spiro atoms. The lowest BCUT2D eigenvalue weighted by Crippen LogP contribution is -2.46. The fourth-order valence-electron chi connectivity index (χ4n) is 2.43. The van der Waals surface area contributed by atoms with Crippen LogP contribution in [0.5, 0.6) is 0 Å². The maximum atomic E-state index is 11.7. The van der Waals surface area contributed by atoms with E-state index in [2.05, 4.69) is 0 Å². The number of carbonyl (C=O) groups excluding carboxylic acids is 1. The Bertz CT molecular complexity index is 272. The van der Waals surface area contributed by atoms with E-state index < -0.39 is 5.60 Å². The molecule has 2 aliphatic rings. The van der Waals surface area contributed by atoms with Gasteiger partial charge in [-0.25, -0.2) is 4.79 Å². The zero-order valence-corrected chi connectivity index (χ0v) is 9.69. The highest BCUT2D eigenvalue weighted by atomic mass is 16.6. The van der Waals surface area contributed by atoms with Crippen molar-refractivity contribution in [1.82, 2.24) is 4.90 Å². The third kappa shape index (κ3) is 2.09. The van der Waals surface area contributed by atoms with Crippen molar-refractivity contribution in [3.63, 3.8) is 0 Å². The average molecular weight is 212 g/mol. The standard InChI is InChI=1S/C11H20N2O2/c1-11(2,3)15-10(14)13-5-7-4-9(12)8(7)6-13/h7-9H,4-6,12H2,1-3H3/t7-,8+,9+/m1/s1. The van der Waals surface area contributed by atoms with E-state index in [9.17, 15) is 4.79 Å². The number of ether oxygens (including phenoxy) is 1. The summed E-state index contributed by atoms with van der Waals surface area (Å²) < 4.78 is 5.33. The lowest BCUT2D eigenvalue weighted by molar-refractivity contribution is 0.0288. The Balaban J connectivity index is 1.88. The summed E-state index contributed by atoms with van der Waals surface area (Å²) in [5, 5.41) is 0. The smallest absolute Gasteiger partial charge is 0.410 e. The van der Waals surface area contributed by atoms with Crippen LogP contribution in [0, 0.1) is 11.8 Å². The molecule has 0 radical (unpaired) electrons. The van der Waals surface area contributed by atoms with Crippen molar-refractivity contribution in [1.29, 1.82) is 0 Å². The predicted molar refractivity (Wildman–Crippen MR) is 57.4 cm³/mol. The first-order valence-corrected chi connectivity index (χ1v) is 5.60. The van der Waals surface area contributed by atoms with Gasteiger partial charge >= 0.3 is 6.09 Å². The number of hydrogen-bond acceptors (Lipinski definition) is 3. The number of nitrogens with two attached hydrogens (primary N) is 1. The minimum atomic E-state index is -0.402. The molecule has 1 amide bonds. The van der Waals surface area contributed by atoms with E-state index in [1.807, 2.05) is 20.8 Å². The molecule has 1 saturated carbocycles. The van der Waals surface area contributed by atoms with Crippen molar-refractivity contribution in [3.05, 3.63) is 0 Å². The van der Waals surface area contributed by atoms with Gasteiger partial charge in [-0.05, 0) is 39.0 Å². The molecule has 0 aromatic rings. The molecule has 1 aliphatic carbocycles. The lowest BCUT2D eigenvalue weighted by atomic mass is 9.72. The van der Waals surface area contributed by atoms with Gasteiger partial charge in [-0.3, -0.25) is 0 Å². The van der Waals surface area contributed by atoms with Crippen LogP contribution in [-0.2, 0) is 4.74 Å². The zero-order chi connectivity index (χ0) is 11.2. The number of rotatable bonds is 0. The minimum Gasteiger partial charge on any atom is -0.444 e. The summed E-state index contributed by atoms with van der Waals surface area (Å²) in [7, 11) is 0. The highest BCUT2D eigenvalue weighted by molar-refractivity contribution is 5.68. The van der Waals surface area contributed by atoms with Gasteiger partial charge in [-0.15, -0.1) is 0 Å². The van der Waals surface area contributed by atoms with E-state index >= 15 is 0 Å². The lowest BCUT2D eigenvalue weighted by Gasteiger charge is -2.35. The van der Waals surface area contributed by atoms with Crippen molar-refractivity contribution in [2.24, 2.45) is 17.6 Å². The van der Waals surface area contributed by atoms with Crippen LogP contribution in [0.25, 0.3) is 0 Å². The molecule has 2 rings (SSSR count). The normalized spacial score (nSPS) is 34.7. The summed E-state index contributed by atoms with van der Waals surface area (Å²) in [4.78, 5) is 13.5. The third-order valence-corrected chi connectivity index (χ3v) is 3.27. The number of amides is 1. The molecule has 15 heavy (non-hydrogen) atoms. The van der Waals surface area contributed by atoms with E-state index in [0.717, 1.165) is 19.5 Å². The Labute approximate surface area is 90.8 Å². The van der Waals surface area contributed by atoms with Gasteiger partial charge in [0.2, 0.25) is 0 Å². The van der Waals surface area contributed by atoms with Crippen LogP contribution in [0.4, 0.5) is 4.79 Å². The molecule has 2 fully saturated rings. The molecule has 0 unspecified atom stereocenters. The summed E-state index contributed by atoms with van der Waals surface area (Å²) in [6.45, 7) is 7.28. The molecule has 4 nitrogen and oxygen atoms in total. The molecule has 0 aromatic heterocycles. The van der Waals surface area contributed by atoms with Crippen LogP contribution in [0.2, 0.25) is 0 Å². The Morgan fingerprint density at radius 3 is 2.53 bits per heavy atom. The molecular weight excluding hydrogens is 192 g/mol. The molecule has 0 aromatic carbocycles. The summed E-state index contributed by atoms with van der Waals surface area (Å²) in [5.74, 6) is 1.13. The maximum absolute atomic E-state index is 11.7. The van der Waals surface area contributed by atoms with Gasteiger partial charge in [0.15, 0.2) is 0 Å². The van der Waals surface area contributed by atoms with Crippen molar-refractivity contribution in [3.8, 4) is 0 Å². The summed E-state index contributed by atoms with van der Waals surface area (Å²) >= 11 is 0. The second-order valence-corrected chi connectivity index (χ2v) is 5.71. The Hall–Kier alpha value is -0.770. The quantitative estimate of drug-likeness (QED) is 0.656. The Morgan fingerprint density at radius 1 is 1.40 bits per heavy atom. The minimum absolute atomic E-state index is 0.191. The number of hydrogen-bond donors (Lipinski definition) is 1. The first kappa shape index (κ1) is 10.7. The molecule has 0 bridgehead atoms. The van der Waals surface area contributed by atoms with Gasteiger partial charge in [0.25, 0.3) is 0 Å². The van der Waals surface area contributed by atoms with Crippen LogP contribution in [0.15, 0.2) is 0 Å². The van der Waals surface area contributed by atoms with E-state index in [1.165, 1.54) is 0 Å². The zero-order valence-electron chi connectivity index (χ0n) is 9.69. The summed E-state index contributed by atoms with van der Waals surface area (Å²) in [5.41, 5.74) is 5.47. The van der Waals surface area contributed by atoms with E-state index in [4.69, 9.17) is 10.5 Å². The van der Waals surface area contributed by atoms with Gasteiger partial charge in [-0.2, -0.15) is 0 Å². The highest BCUT2D eigenvalue weighted by Gasteiger charge is 2.47. The molecule has 1 heterocycles. The SMILES string of the molecule is CC(C)(C)OC(=O)N1C[C@H]2C[C@H](N)[C@H]2C1. The largest absolute Gasteiger partial charge is 0.444 e. The van der Waals surface area contributed by atoms with Gasteiger partial charge in [-0.1, -0.05) is 0 Å². The predicted octanol–water partition coefficient (Wildman–Crippen LogP) is 1.20. The van der Waals surface area contributed by atoms with Crippen LogP contribution >= 0.6 is 0 Å². The number of carbonyl (C=O) groups is 1. The van der Waals surface area contributed by atoms with Crippen molar-refractivity contribution >= 4 is 6.09 Å². The Kier molecular flexibility index (Phi) is 2.41. The molecule has 86 valence electrons. The van der Waals surface area contributed by atoms with Crippen LogP contribution in [0.1, 0.15) is 27.2 Å². The van der Waals surface area contributed by atoms with Crippen molar-refractivity contribution in [2.75, 3.05) is 13.1 Å². The number of nitrogens with zero attached hydrogens (tertiary/aromatic N) is 1. The second-order valence-electron chi connectivity index (χ2n) is 5.71. The first-order valence-electron chi connectivity index (χ1n) is 5.60. The number of likely N-dealkylation sites (tertiary alicyclic amines) is 1. The molecule has 1 aliphatic heterocycles. The second kappa shape index (κ2) is 3.37. The van der Waals surface area contributed by atoms with E-state index in [1.54, 1.807) is 4.90 Å². The van der Waals surface area contributed by atoms with E-state index in [-0.39, 0.29) is 6.09 Å². The summed E-state index contributed by atoms with van der Waals surface area (Å²) in [6, 6.07) is 0.294. The summed E-state index contributed by atoms with van der Waals surface area (Å²) in [6.07, 6.45) is 0.869. The van der Waals surface area contributed by atoms with E-state index in [0.29, 0.717) is 17.9 Å². The Morgan fingerprint density at radius 2 is 2.07 bits per heavy atom. The molecule has 4 heteroatoms. The van der Waals surface area contributed by atoms with Crippen molar-refractivity contribution in [2.45, 2.75) is 38.8 Å². The van der Waals surface area contributed by atoms with Gasteiger partial charge in [0, 0.05) is 19.1 Å². The van der Waals surface area contributed by atoms with Crippen LogP contribution < -0.4 is 5.73 Å². The van der Waals surface area contributed by atoms with Gasteiger partial charge in [0.05, 0.1) is 0 Å². The topological polar surface area (TPSA) is 55.6 Å². The third-order valence-electron chi connectivity index (χ3n) is 3.27. The van der Waals surface area contributed by atoms with Crippen molar-refractivity contribution < 1.29 is 9.53 Å². The van der Waals surface area contributed by atoms with Crippen LogP contribution in [0.3, 0.4) is 0 Å². The maximum Gasteiger partial charge on any atom is 0.410 e. The highest BCUT2D eigenvalue weighted by Crippen LogP contribution is 2.39.